The number of unbranched alkanes of at least 4 members (excludes halogenated alkanes) is 1. The average molecular weight is 241 g/mol. The maximum atomic E-state index is 4.44. The van der Waals surface area contributed by atoms with Crippen LogP contribution in [-0.2, 0) is 6.42 Å². The van der Waals surface area contributed by atoms with E-state index in [2.05, 4.69) is 43.1 Å². The summed E-state index contributed by atoms with van der Waals surface area (Å²) in [4.78, 5) is 4.44. The molecule has 2 aromatic rings. The molecule has 0 aliphatic rings. The normalized spacial score (nSPS) is 12.8. The average Bonchev–Trinajstić information content (AvgIpc) is 2.43. The lowest BCUT2D eigenvalue weighted by atomic mass is 9.91. The van der Waals surface area contributed by atoms with E-state index in [1.54, 1.807) is 0 Å². The number of hydrogen-bond acceptors (Lipinski definition) is 1. The molecule has 2 rings (SSSR count). The molecule has 96 valence electrons. The van der Waals surface area contributed by atoms with E-state index < -0.39 is 0 Å². The molecule has 1 aromatic heterocycles. The van der Waals surface area contributed by atoms with Crippen LogP contribution in [0.15, 0.2) is 36.5 Å². The van der Waals surface area contributed by atoms with E-state index in [0.717, 1.165) is 11.4 Å². The van der Waals surface area contributed by atoms with Crippen LogP contribution >= 0.6 is 0 Å². The van der Waals surface area contributed by atoms with Gasteiger partial charge >= 0.3 is 0 Å². The van der Waals surface area contributed by atoms with E-state index in [1.807, 2.05) is 12.3 Å². The third-order valence-corrected chi connectivity index (χ3v) is 3.74. The van der Waals surface area contributed by atoms with Crippen LogP contribution in [0.2, 0.25) is 0 Å². The standard InChI is InChI=1S/C17H23N/c1-3-5-7-14(4-2)12-15-9-10-16-8-6-11-18-17(16)13-15/h6,8-11,13-14H,3-5,7,12H2,1-2H3. The first-order valence-corrected chi connectivity index (χ1v) is 7.17. The summed E-state index contributed by atoms with van der Waals surface area (Å²) >= 11 is 0. The Morgan fingerprint density at radius 3 is 2.83 bits per heavy atom. The zero-order chi connectivity index (χ0) is 12.8. The van der Waals surface area contributed by atoms with Gasteiger partial charge in [-0.25, -0.2) is 0 Å². The number of aromatic nitrogens is 1. The Hall–Kier alpha value is -1.37. The largest absolute Gasteiger partial charge is 0.256 e. The van der Waals surface area contributed by atoms with Crippen molar-refractivity contribution in [1.29, 1.82) is 0 Å². The van der Waals surface area contributed by atoms with Crippen LogP contribution in [0.5, 0.6) is 0 Å². The molecule has 1 heteroatoms. The minimum absolute atomic E-state index is 0.825. The molecule has 0 N–H and O–H groups in total. The number of nitrogens with zero attached hydrogens (tertiary/aromatic N) is 1. The predicted molar refractivity (Wildman–Crippen MR) is 78.8 cm³/mol. The van der Waals surface area contributed by atoms with Gasteiger partial charge < -0.3 is 0 Å². The van der Waals surface area contributed by atoms with Crippen molar-refractivity contribution in [2.24, 2.45) is 5.92 Å². The van der Waals surface area contributed by atoms with Crippen molar-refractivity contribution in [2.75, 3.05) is 0 Å². The number of rotatable bonds is 6. The highest BCUT2D eigenvalue weighted by atomic mass is 14.6. The van der Waals surface area contributed by atoms with Crippen molar-refractivity contribution < 1.29 is 0 Å². The van der Waals surface area contributed by atoms with Gasteiger partial charge in [0.25, 0.3) is 0 Å². The van der Waals surface area contributed by atoms with Gasteiger partial charge in [0.05, 0.1) is 5.52 Å². The van der Waals surface area contributed by atoms with Crippen LogP contribution in [0.3, 0.4) is 0 Å². The Morgan fingerprint density at radius 1 is 1.17 bits per heavy atom. The third-order valence-electron chi connectivity index (χ3n) is 3.74. The molecule has 1 atom stereocenters. The van der Waals surface area contributed by atoms with Gasteiger partial charge in [-0.2, -0.15) is 0 Å². The lowest BCUT2D eigenvalue weighted by molar-refractivity contribution is 0.449. The molecule has 0 saturated carbocycles. The molecule has 1 nitrogen and oxygen atoms in total. The quantitative estimate of drug-likeness (QED) is 0.694. The van der Waals surface area contributed by atoms with Gasteiger partial charge in [-0.05, 0) is 30.0 Å². The monoisotopic (exact) mass is 241 g/mol. The Bertz CT molecular complexity index is 490. The maximum absolute atomic E-state index is 4.44. The second-order valence-electron chi connectivity index (χ2n) is 5.15. The van der Waals surface area contributed by atoms with Gasteiger partial charge in [0, 0.05) is 11.6 Å². The molecule has 0 amide bonds. The van der Waals surface area contributed by atoms with Crippen LogP contribution in [0.25, 0.3) is 10.9 Å². The maximum Gasteiger partial charge on any atom is 0.0704 e. The SMILES string of the molecule is CCCCC(CC)Cc1ccc2cccnc2c1. The molecular weight excluding hydrogens is 218 g/mol. The van der Waals surface area contributed by atoms with Gasteiger partial charge in [-0.3, -0.25) is 4.98 Å². The minimum atomic E-state index is 0.825. The fourth-order valence-corrected chi connectivity index (χ4v) is 2.52. The molecule has 1 aromatic carbocycles. The van der Waals surface area contributed by atoms with Gasteiger partial charge in [0.2, 0.25) is 0 Å². The van der Waals surface area contributed by atoms with Gasteiger partial charge in [0.1, 0.15) is 0 Å². The van der Waals surface area contributed by atoms with Crippen LogP contribution in [0.4, 0.5) is 0 Å². The van der Waals surface area contributed by atoms with Crippen molar-refractivity contribution in [3.8, 4) is 0 Å². The van der Waals surface area contributed by atoms with Crippen LogP contribution < -0.4 is 0 Å². The summed E-state index contributed by atoms with van der Waals surface area (Å²) in [5.41, 5.74) is 2.56. The van der Waals surface area contributed by atoms with Crippen LogP contribution in [-0.4, -0.2) is 4.98 Å². The lowest BCUT2D eigenvalue weighted by Gasteiger charge is -2.14. The molecule has 1 unspecified atom stereocenters. The molecular formula is C17H23N. The van der Waals surface area contributed by atoms with Crippen molar-refractivity contribution >= 4 is 10.9 Å². The Balaban J connectivity index is 2.10. The smallest absolute Gasteiger partial charge is 0.0704 e. The van der Waals surface area contributed by atoms with E-state index in [-0.39, 0.29) is 0 Å². The van der Waals surface area contributed by atoms with Crippen LogP contribution in [0, 0.1) is 5.92 Å². The van der Waals surface area contributed by atoms with Crippen molar-refractivity contribution in [2.45, 2.75) is 46.0 Å². The summed E-state index contributed by atoms with van der Waals surface area (Å²) in [7, 11) is 0. The topological polar surface area (TPSA) is 12.9 Å². The molecule has 0 bridgehead atoms. The molecule has 0 fully saturated rings. The first-order chi connectivity index (χ1) is 8.83. The van der Waals surface area contributed by atoms with Crippen molar-refractivity contribution in [3.05, 3.63) is 42.1 Å². The fraction of sp³-hybridized carbons (Fsp3) is 0.471. The second-order valence-corrected chi connectivity index (χ2v) is 5.15. The van der Waals surface area contributed by atoms with Gasteiger partial charge in [0.15, 0.2) is 0 Å². The van der Waals surface area contributed by atoms with E-state index in [4.69, 9.17) is 0 Å². The molecule has 1 heterocycles. The second kappa shape index (κ2) is 6.53. The highest BCUT2D eigenvalue weighted by Gasteiger charge is 2.07. The lowest BCUT2D eigenvalue weighted by Crippen LogP contribution is -2.03. The molecule has 0 aliphatic carbocycles. The van der Waals surface area contributed by atoms with E-state index in [0.29, 0.717) is 0 Å². The summed E-state index contributed by atoms with van der Waals surface area (Å²) in [6.07, 6.45) is 8.36. The van der Waals surface area contributed by atoms with E-state index >= 15 is 0 Å². The van der Waals surface area contributed by atoms with Crippen LogP contribution in [0.1, 0.15) is 45.1 Å². The van der Waals surface area contributed by atoms with Gasteiger partial charge in [-0.1, -0.05) is 57.7 Å². The number of fused-ring (bicyclic) bond motifs is 1. The highest BCUT2D eigenvalue weighted by Crippen LogP contribution is 2.21. The molecule has 0 aliphatic heterocycles. The number of benzene rings is 1. The first kappa shape index (κ1) is 13.1. The zero-order valence-corrected chi connectivity index (χ0v) is 11.5. The summed E-state index contributed by atoms with van der Waals surface area (Å²) < 4.78 is 0. The van der Waals surface area contributed by atoms with Crippen molar-refractivity contribution in [3.63, 3.8) is 0 Å². The summed E-state index contributed by atoms with van der Waals surface area (Å²) in [6.45, 7) is 4.58. The summed E-state index contributed by atoms with van der Waals surface area (Å²) in [6, 6.07) is 10.8. The van der Waals surface area contributed by atoms with E-state index in [1.165, 1.54) is 43.1 Å². The Labute approximate surface area is 110 Å². The summed E-state index contributed by atoms with van der Waals surface area (Å²) in [5, 5.41) is 1.24. The summed E-state index contributed by atoms with van der Waals surface area (Å²) in [5.74, 6) is 0.825. The molecule has 0 saturated heterocycles. The fourth-order valence-electron chi connectivity index (χ4n) is 2.52. The number of pyridine rings is 1. The molecule has 18 heavy (non-hydrogen) atoms. The molecule has 0 spiro atoms. The van der Waals surface area contributed by atoms with Crippen molar-refractivity contribution in [1.82, 2.24) is 4.98 Å². The first-order valence-electron chi connectivity index (χ1n) is 7.17. The van der Waals surface area contributed by atoms with Gasteiger partial charge in [-0.15, -0.1) is 0 Å². The predicted octanol–water partition coefficient (Wildman–Crippen LogP) is 4.99. The Morgan fingerprint density at radius 2 is 2.06 bits per heavy atom. The zero-order valence-electron chi connectivity index (χ0n) is 11.5. The molecule has 0 radical (unpaired) electrons. The number of hydrogen-bond donors (Lipinski definition) is 0. The Kier molecular flexibility index (Phi) is 4.74. The highest BCUT2D eigenvalue weighted by molar-refractivity contribution is 5.78. The third kappa shape index (κ3) is 3.32. The minimum Gasteiger partial charge on any atom is -0.256 e. The van der Waals surface area contributed by atoms with E-state index in [9.17, 15) is 0 Å².